The van der Waals surface area contributed by atoms with Gasteiger partial charge in [-0.05, 0) is 18.6 Å². The first-order chi connectivity index (χ1) is 7.09. The topological polar surface area (TPSA) is 46.5 Å². The fraction of sp³-hybridized carbons (Fsp3) is 0.300. The van der Waals surface area contributed by atoms with Crippen LogP contribution < -0.4 is 4.74 Å². The third-order valence-electron chi connectivity index (χ3n) is 2.36. The van der Waals surface area contributed by atoms with Gasteiger partial charge in [0.15, 0.2) is 11.6 Å². The average molecular weight is 231 g/mol. The van der Waals surface area contributed by atoms with E-state index in [9.17, 15) is 9.18 Å². The average Bonchev–Trinajstić information content (AvgIpc) is 2.16. The van der Waals surface area contributed by atoms with Gasteiger partial charge in [0.1, 0.15) is 0 Å². The van der Waals surface area contributed by atoms with Gasteiger partial charge < -0.3 is 9.84 Å². The van der Waals surface area contributed by atoms with Gasteiger partial charge >= 0.3 is 5.97 Å². The molecular formula is C10H8ClFO3. The minimum absolute atomic E-state index is 0.0121. The van der Waals surface area contributed by atoms with Gasteiger partial charge in [0.05, 0.1) is 12.5 Å². The molecule has 0 aliphatic carbocycles. The highest BCUT2D eigenvalue weighted by Crippen LogP contribution is 2.37. The highest BCUT2D eigenvalue weighted by molar-refractivity contribution is 6.30. The van der Waals surface area contributed by atoms with Crippen LogP contribution in [0.2, 0.25) is 5.02 Å². The van der Waals surface area contributed by atoms with Crippen LogP contribution in [0.15, 0.2) is 12.1 Å². The molecule has 0 aromatic heterocycles. The van der Waals surface area contributed by atoms with Gasteiger partial charge in [-0.3, -0.25) is 4.79 Å². The van der Waals surface area contributed by atoms with Gasteiger partial charge in [-0.25, -0.2) is 4.39 Å². The van der Waals surface area contributed by atoms with Crippen LogP contribution in [0.4, 0.5) is 4.39 Å². The monoisotopic (exact) mass is 230 g/mol. The number of rotatable bonds is 1. The standard InChI is InChI=1S/C10H8ClFO3/c11-5-3-7-6(10(13)14)1-2-15-9(7)8(12)4-5/h3-4,6H,1-2H2,(H,13,14). The summed E-state index contributed by atoms with van der Waals surface area (Å²) in [5, 5.41) is 9.13. The number of hydrogen-bond acceptors (Lipinski definition) is 2. The molecule has 1 aromatic rings. The second-order valence-corrected chi connectivity index (χ2v) is 3.77. The molecule has 1 atom stereocenters. The van der Waals surface area contributed by atoms with Crippen molar-refractivity contribution >= 4 is 17.6 Å². The van der Waals surface area contributed by atoms with E-state index in [2.05, 4.69) is 0 Å². The van der Waals surface area contributed by atoms with E-state index in [-0.39, 0.29) is 17.4 Å². The number of aliphatic carboxylic acids is 1. The molecule has 5 heteroatoms. The summed E-state index contributed by atoms with van der Waals surface area (Å²) >= 11 is 5.66. The third-order valence-corrected chi connectivity index (χ3v) is 2.58. The van der Waals surface area contributed by atoms with Gasteiger partial charge in [0.2, 0.25) is 0 Å². The molecule has 0 bridgehead atoms. The largest absolute Gasteiger partial charge is 0.490 e. The number of carboxylic acid groups (broad SMARTS) is 1. The third kappa shape index (κ3) is 1.77. The molecule has 1 heterocycles. The molecule has 1 aromatic carbocycles. The van der Waals surface area contributed by atoms with Crippen molar-refractivity contribution in [2.75, 3.05) is 6.61 Å². The molecule has 3 nitrogen and oxygen atoms in total. The molecular weight excluding hydrogens is 223 g/mol. The summed E-state index contributed by atoms with van der Waals surface area (Å²) in [6.45, 7) is 0.211. The Balaban J connectivity index is 2.55. The lowest BCUT2D eigenvalue weighted by Crippen LogP contribution is -2.21. The molecule has 0 spiro atoms. The van der Waals surface area contributed by atoms with E-state index < -0.39 is 17.7 Å². The Labute approximate surface area is 90.4 Å². The van der Waals surface area contributed by atoms with Gasteiger partial charge in [-0.1, -0.05) is 11.6 Å². The van der Waals surface area contributed by atoms with E-state index in [1.807, 2.05) is 0 Å². The molecule has 15 heavy (non-hydrogen) atoms. The van der Waals surface area contributed by atoms with Crippen molar-refractivity contribution in [1.29, 1.82) is 0 Å². The number of hydrogen-bond donors (Lipinski definition) is 1. The zero-order valence-electron chi connectivity index (χ0n) is 7.67. The summed E-state index contributed by atoms with van der Waals surface area (Å²) in [5.74, 6) is -2.32. The molecule has 0 radical (unpaired) electrons. The molecule has 0 amide bonds. The lowest BCUT2D eigenvalue weighted by molar-refractivity contribution is -0.139. The second kappa shape index (κ2) is 3.70. The van der Waals surface area contributed by atoms with Crippen molar-refractivity contribution < 1.29 is 19.0 Å². The van der Waals surface area contributed by atoms with Crippen LogP contribution >= 0.6 is 11.6 Å². The Morgan fingerprint density at radius 1 is 1.60 bits per heavy atom. The fourth-order valence-corrected chi connectivity index (χ4v) is 1.90. The highest BCUT2D eigenvalue weighted by Gasteiger charge is 2.29. The predicted molar refractivity (Wildman–Crippen MR) is 51.9 cm³/mol. The number of ether oxygens (including phenoxy) is 1. The Hall–Kier alpha value is -1.29. The van der Waals surface area contributed by atoms with E-state index >= 15 is 0 Å². The molecule has 0 saturated carbocycles. The zero-order valence-corrected chi connectivity index (χ0v) is 8.42. The maximum Gasteiger partial charge on any atom is 0.311 e. The van der Waals surface area contributed by atoms with Crippen LogP contribution in [0.1, 0.15) is 17.9 Å². The van der Waals surface area contributed by atoms with Crippen molar-refractivity contribution in [2.24, 2.45) is 0 Å². The van der Waals surface area contributed by atoms with E-state index in [1.54, 1.807) is 0 Å². The SMILES string of the molecule is O=C(O)C1CCOc2c(F)cc(Cl)cc21. The van der Waals surface area contributed by atoms with E-state index in [0.29, 0.717) is 12.0 Å². The number of halogens is 2. The van der Waals surface area contributed by atoms with Crippen LogP contribution in [0.25, 0.3) is 0 Å². The highest BCUT2D eigenvalue weighted by atomic mass is 35.5. The van der Waals surface area contributed by atoms with Crippen LogP contribution in [0.5, 0.6) is 5.75 Å². The van der Waals surface area contributed by atoms with Crippen molar-refractivity contribution in [3.8, 4) is 5.75 Å². The molecule has 2 rings (SSSR count). The Morgan fingerprint density at radius 3 is 3.00 bits per heavy atom. The van der Waals surface area contributed by atoms with Crippen LogP contribution in [-0.4, -0.2) is 17.7 Å². The molecule has 1 aliphatic rings. The Bertz CT molecular complexity index is 419. The van der Waals surface area contributed by atoms with Crippen LogP contribution in [0, 0.1) is 5.82 Å². The van der Waals surface area contributed by atoms with E-state index in [0.717, 1.165) is 6.07 Å². The zero-order chi connectivity index (χ0) is 11.0. The molecule has 1 aliphatic heterocycles. The maximum atomic E-state index is 13.4. The first kappa shape index (κ1) is 10.2. The first-order valence-corrected chi connectivity index (χ1v) is 4.82. The minimum atomic E-state index is -0.985. The smallest absolute Gasteiger partial charge is 0.311 e. The normalized spacial score (nSPS) is 19.2. The molecule has 0 saturated heterocycles. The van der Waals surface area contributed by atoms with Crippen molar-refractivity contribution in [1.82, 2.24) is 0 Å². The van der Waals surface area contributed by atoms with Gasteiger partial charge in [-0.2, -0.15) is 0 Å². The number of fused-ring (bicyclic) bond motifs is 1. The van der Waals surface area contributed by atoms with Crippen molar-refractivity contribution in [2.45, 2.75) is 12.3 Å². The predicted octanol–water partition coefficient (Wildman–Crippen LogP) is 2.43. The molecule has 0 fully saturated rings. The summed E-state index contributed by atoms with van der Waals surface area (Å²) < 4.78 is 18.5. The van der Waals surface area contributed by atoms with Gasteiger partial charge in [0, 0.05) is 10.6 Å². The van der Waals surface area contributed by atoms with Crippen molar-refractivity contribution in [3.05, 3.63) is 28.5 Å². The minimum Gasteiger partial charge on any atom is -0.490 e. The molecule has 80 valence electrons. The molecule has 1 unspecified atom stereocenters. The fourth-order valence-electron chi connectivity index (χ4n) is 1.68. The van der Waals surface area contributed by atoms with Crippen LogP contribution in [-0.2, 0) is 4.79 Å². The summed E-state index contributed by atoms with van der Waals surface area (Å²) in [6.07, 6.45) is 0.335. The number of carboxylic acids is 1. The quantitative estimate of drug-likeness (QED) is 0.806. The van der Waals surface area contributed by atoms with Gasteiger partial charge in [0.25, 0.3) is 0 Å². The lowest BCUT2D eigenvalue weighted by Gasteiger charge is -2.23. The van der Waals surface area contributed by atoms with E-state index in [4.69, 9.17) is 21.4 Å². The number of benzene rings is 1. The summed E-state index contributed by atoms with van der Waals surface area (Å²) in [6, 6.07) is 2.56. The summed E-state index contributed by atoms with van der Waals surface area (Å²) in [4.78, 5) is 10.9. The Morgan fingerprint density at radius 2 is 2.33 bits per heavy atom. The van der Waals surface area contributed by atoms with Crippen LogP contribution in [0.3, 0.4) is 0 Å². The first-order valence-electron chi connectivity index (χ1n) is 4.44. The van der Waals surface area contributed by atoms with E-state index in [1.165, 1.54) is 6.07 Å². The summed E-state index contributed by atoms with van der Waals surface area (Å²) in [7, 11) is 0. The Kier molecular flexibility index (Phi) is 2.52. The lowest BCUT2D eigenvalue weighted by atomic mass is 9.93. The summed E-state index contributed by atoms with van der Waals surface area (Å²) in [5.41, 5.74) is 0.318. The number of carbonyl (C=O) groups is 1. The van der Waals surface area contributed by atoms with Crippen molar-refractivity contribution in [3.63, 3.8) is 0 Å². The maximum absolute atomic E-state index is 13.4. The van der Waals surface area contributed by atoms with Gasteiger partial charge in [-0.15, -0.1) is 0 Å². The second-order valence-electron chi connectivity index (χ2n) is 3.33. The molecule has 1 N–H and O–H groups in total.